The minimum atomic E-state index is -0.292. The van der Waals surface area contributed by atoms with Crippen molar-refractivity contribution >= 4 is 44.9 Å². The molecule has 174 valence electrons. The minimum Gasteiger partial charge on any atom is -0.494 e. The van der Waals surface area contributed by atoms with Crippen LogP contribution in [0.15, 0.2) is 48.5 Å². The number of ether oxygens (including phenoxy) is 2. The topological polar surface area (TPSA) is 103 Å². The lowest BCUT2D eigenvalue weighted by Crippen LogP contribution is -2.22. The summed E-state index contributed by atoms with van der Waals surface area (Å²) in [6.45, 7) is 2.59. The maximum absolute atomic E-state index is 12.5. The van der Waals surface area contributed by atoms with Crippen molar-refractivity contribution in [3.05, 3.63) is 59.0 Å². The number of nitrogens with one attached hydrogen (secondary N) is 2. The normalized spacial score (nSPS) is 10.6. The lowest BCUT2D eigenvalue weighted by atomic mass is 10.1. The number of methoxy groups -OCH3 is 1. The number of anilines is 1. The van der Waals surface area contributed by atoms with E-state index in [4.69, 9.17) is 9.57 Å². The first-order valence-corrected chi connectivity index (χ1v) is 11.3. The van der Waals surface area contributed by atoms with Crippen LogP contribution in [0.4, 0.5) is 5.69 Å². The molecule has 0 aliphatic heterocycles. The molecule has 1 heterocycles. The van der Waals surface area contributed by atoms with Crippen LogP contribution >= 0.6 is 11.3 Å². The molecule has 0 spiro atoms. The van der Waals surface area contributed by atoms with E-state index in [9.17, 15) is 14.4 Å². The second-order valence-corrected chi connectivity index (χ2v) is 8.21. The SMILES string of the molecule is CCONC(=O)c1cc2cc(NC(=O)Cc3ccc(OCCCC(=O)OC)cc3)ccc2s1. The number of fused-ring (bicyclic) bond motifs is 1. The first-order valence-electron chi connectivity index (χ1n) is 10.5. The van der Waals surface area contributed by atoms with Crippen molar-refractivity contribution in [2.45, 2.75) is 26.2 Å². The highest BCUT2D eigenvalue weighted by Crippen LogP contribution is 2.28. The summed E-state index contributed by atoms with van der Waals surface area (Å²) < 4.78 is 11.1. The van der Waals surface area contributed by atoms with Gasteiger partial charge >= 0.3 is 5.97 Å². The molecule has 0 fully saturated rings. The van der Waals surface area contributed by atoms with E-state index in [0.717, 1.165) is 15.6 Å². The molecule has 0 radical (unpaired) electrons. The number of carbonyl (C=O) groups excluding carboxylic acids is 3. The van der Waals surface area contributed by atoms with Gasteiger partial charge in [-0.15, -0.1) is 11.3 Å². The quantitative estimate of drug-likeness (QED) is 0.249. The van der Waals surface area contributed by atoms with Crippen LogP contribution in [0.5, 0.6) is 5.75 Å². The Hall–Kier alpha value is -3.43. The van der Waals surface area contributed by atoms with E-state index < -0.39 is 0 Å². The van der Waals surface area contributed by atoms with Crippen molar-refractivity contribution < 1.29 is 28.7 Å². The highest BCUT2D eigenvalue weighted by molar-refractivity contribution is 7.20. The molecule has 9 heteroatoms. The molecule has 3 aromatic rings. The highest BCUT2D eigenvalue weighted by Gasteiger charge is 2.12. The van der Waals surface area contributed by atoms with E-state index >= 15 is 0 Å². The minimum absolute atomic E-state index is 0.148. The van der Waals surface area contributed by atoms with Crippen molar-refractivity contribution in [2.24, 2.45) is 0 Å². The molecule has 2 aromatic carbocycles. The van der Waals surface area contributed by atoms with Crippen molar-refractivity contribution in [2.75, 3.05) is 25.6 Å². The standard InChI is InChI=1S/C24H26N2O6S/c1-3-32-26-24(29)21-15-17-14-18(8-11-20(17)33-21)25-22(27)13-16-6-9-19(10-7-16)31-12-4-5-23(28)30-2/h6-11,14-15H,3-5,12-13H2,1-2H3,(H,25,27)(H,26,29). The van der Waals surface area contributed by atoms with Crippen LogP contribution in [0, 0.1) is 0 Å². The van der Waals surface area contributed by atoms with Crippen molar-refractivity contribution in [1.29, 1.82) is 0 Å². The van der Waals surface area contributed by atoms with Gasteiger partial charge in [-0.25, -0.2) is 5.48 Å². The zero-order valence-corrected chi connectivity index (χ0v) is 19.3. The lowest BCUT2D eigenvalue weighted by Gasteiger charge is -2.08. The summed E-state index contributed by atoms with van der Waals surface area (Å²) in [6.07, 6.45) is 1.10. The van der Waals surface area contributed by atoms with Crippen LogP contribution in [0.1, 0.15) is 35.0 Å². The number of esters is 1. The Morgan fingerprint density at radius 2 is 1.82 bits per heavy atom. The molecule has 0 bridgehead atoms. The van der Waals surface area contributed by atoms with E-state index in [0.29, 0.717) is 42.4 Å². The van der Waals surface area contributed by atoms with Crippen LogP contribution in [0.3, 0.4) is 0 Å². The maximum Gasteiger partial charge on any atom is 0.305 e. The maximum atomic E-state index is 12.5. The fraction of sp³-hybridized carbons (Fsp3) is 0.292. The first-order chi connectivity index (χ1) is 16.0. The Labute approximate surface area is 195 Å². The van der Waals surface area contributed by atoms with Gasteiger partial charge in [0.2, 0.25) is 5.91 Å². The zero-order valence-electron chi connectivity index (χ0n) is 18.5. The molecule has 8 nitrogen and oxygen atoms in total. The Morgan fingerprint density at radius 1 is 1.03 bits per heavy atom. The number of thiophene rings is 1. The average molecular weight is 471 g/mol. The fourth-order valence-electron chi connectivity index (χ4n) is 3.02. The molecule has 0 saturated carbocycles. The first kappa shape index (κ1) is 24.2. The fourth-order valence-corrected chi connectivity index (χ4v) is 3.95. The van der Waals surface area contributed by atoms with Crippen LogP contribution in [0.2, 0.25) is 0 Å². The molecule has 3 rings (SSSR count). The van der Waals surface area contributed by atoms with Gasteiger partial charge < -0.3 is 14.8 Å². The van der Waals surface area contributed by atoms with Crippen LogP contribution < -0.4 is 15.5 Å². The monoisotopic (exact) mass is 470 g/mol. The third-order valence-electron chi connectivity index (χ3n) is 4.64. The Bertz CT molecular complexity index is 1110. The van der Waals surface area contributed by atoms with Gasteiger partial charge in [0.05, 0.1) is 31.6 Å². The molecule has 33 heavy (non-hydrogen) atoms. The smallest absolute Gasteiger partial charge is 0.305 e. The van der Waals surface area contributed by atoms with E-state index in [1.807, 2.05) is 30.3 Å². The molecule has 0 aliphatic carbocycles. The predicted octanol–water partition coefficient (Wildman–Crippen LogP) is 4.10. The highest BCUT2D eigenvalue weighted by atomic mass is 32.1. The number of hydrogen-bond acceptors (Lipinski definition) is 7. The van der Waals surface area contributed by atoms with Crippen molar-refractivity contribution in [1.82, 2.24) is 5.48 Å². The summed E-state index contributed by atoms with van der Waals surface area (Å²) in [5, 5.41) is 3.76. The zero-order chi connectivity index (χ0) is 23.6. The largest absolute Gasteiger partial charge is 0.494 e. The number of carbonyl (C=O) groups is 3. The number of benzene rings is 2. The van der Waals surface area contributed by atoms with Gasteiger partial charge in [0.15, 0.2) is 0 Å². The van der Waals surface area contributed by atoms with Gasteiger partial charge in [-0.1, -0.05) is 12.1 Å². The van der Waals surface area contributed by atoms with Gasteiger partial charge in [-0.2, -0.15) is 0 Å². The van der Waals surface area contributed by atoms with Crippen LogP contribution in [-0.4, -0.2) is 38.1 Å². The van der Waals surface area contributed by atoms with Gasteiger partial charge in [0.25, 0.3) is 5.91 Å². The molecule has 0 aliphatic rings. The second kappa shape index (κ2) is 12.0. The Morgan fingerprint density at radius 3 is 2.55 bits per heavy atom. The number of rotatable bonds is 11. The summed E-state index contributed by atoms with van der Waals surface area (Å²) in [6, 6.07) is 14.6. The van der Waals surface area contributed by atoms with Gasteiger partial charge in [0, 0.05) is 16.8 Å². The lowest BCUT2D eigenvalue weighted by molar-refractivity contribution is -0.140. The third kappa shape index (κ3) is 7.30. The van der Waals surface area contributed by atoms with Crippen LogP contribution in [-0.2, 0) is 25.6 Å². The molecule has 0 saturated heterocycles. The van der Waals surface area contributed by atoms with Gasteiger partial charge in [-0.3, -0.25) is 19.2 Å². The summed E-state index contributed by atoms with van der Waals surface area (Å²) in [5.74, 6) is -0.0214. The molecular weight excluding hydrogens is 444 g/mol. The summed E-state index contributed by atoms with van der Waals surface area (Å²) >= 11 is 1.36. The van der Waals surface area contributed by atoms with Crippen molar-refractivity contribution in [3.8, 4) is 5.75 Å². The summed E-state index contributed by atoms with van der Waals surface area (Å²) in [7, 11) is 1.36. The Kier molecular flexibility index (Phi) is 8.79. The number of hydrogen-bond donors (Lipinski definition) is 2. The molecule has 0 atom stereocenters. The molecule has 2 N–H and O–H groups in total. The van der Waals surface area contributed by atoms with Crippen LogP contribution in [0.25, 0.3) is 10.1 Å². The van der Waals surface area contributed by atoms with E-state index in [1.165, 1.54) is 18.4 Å². The average Bonchev–Trinajstić information content (AvgIpc) is 3.24. The summed E-state index contributed by atoms with van der Waals surface area (Å²) in [5.41, 5.74) is 3.89. The Balaban J connectivity index is 1.51. The third-order valence-corrected chi connectivity index (χ3v) is 5.76. The second-order valence-electron chi connectivity index (χ2n) is 7.12. The number of amides is 2. The molecule has 2 amide bonds. The van der Waals surface area contributed by atoms with Crippen molar-refractivity contribution in [3.63, 3.8) is 0 Å². The van der Waals surface area contributed by atoms with Gasteiger partial charge in [0.1, 0.15) is 5.75 Å². The van der Waals surface area contributed by atoms with E-state index in [1.54, 1.807) is 25.1 Å². The van der Waals surface area contributed by atoms with E-state index in [-0.39, 0.29) is 24.2 Å². The summed E-state index contributed by atoms with van der Waals surface area (Å²) in [4.78, 5) is 41.1. The molecule has 1 aromatic heterocycles. The molecule has 0 unspecified atom stereocenters. The molecular formula is C24H26N2O6S. The predicted molar refractivity (Wildman–Crippen MR) is 126 cm³/mol. The number of hydroxylamine groups is 1. The van der Waals surface area contributed by atoms with Gasteiger partial charge in [-0.05, 0) is 60.7 Å². The van der Waals surface area contributed by atoms with E-state index in [2.05, 4.69) is 15.5 Å².